The largest absolute Gasteiger partial charge is 0.390 e. The molecule has 15 heavy (non-hydrogen) atoms. The van der Waals surface area contributed by atoms with Crippen LogP contribution in [-0.2, 0) is 4.79 Å². The minimum absolute atomic E-state index is 0.0374. The molecule has 0 aromatic carbocycles. The van der Waals surface area contributed by atoms with Crippen molar-refractivity contribution in [1.82, 2.24) is 10.2 Å². The van der Waals surface area contributed by atoms with Crippen LogP contribution < -0.4 is 11.1 Å². The van der Waals surface area contributed by atoms with Gasteiger partial charge in [0.2, 0.25) is 5.91 Å². The van der Waals surface area contributed by atoms with Crippen LogP contribution in [0.25, 0.3) is 0 Å². The lowest BCUT2D eigenvalue weighted by molar-refractivity contribution is -0.120. The number of rotatable bonds is 4. The maximum absolute atomic E-state index is 10.8. The molecule has 1 fully saturated rings. The summed E-state index contributed by atoms with van der Waals surface area (Å²) in [6.07, 6.45) is 1.48. The van der Waals surface area contributed by atoms with E-state index >= 15 is 0 Å². The second-order valence-corrected chi connectivity index (χ2v) is 4.16. The smallest absolute Gasteiger partial charge is 0.217 e. The molecular formula is C10H21N3O2. The third-order valence-corrected chi connectivity index (χ3v) is 2.74. The number of nitrogens with zero attached hydrogens (tertiary/aromatic N) is 1. The predicted molar refractivity (Wildman–Crippen MR) is 58.3 cm³/mol. The monoisotopic (exact) mass is 215 g/mol. The lowest BCUT2D eigenvalue weighted by atomic mass is 10.0. The molecule has 5 heteroatoms. The van der Waals surface area contributed by atoms with E-state index in [0.29, 0.717) is 19.1 Å². The van der Waals surface area contributed by atoms with Gasteiger partial charge < -0.3 is 21.1 Å². The summed E-state index contributed by atoms with van der Waals surface area (Å²) in [5.41, 5.74) is 5.35. The number of nitrogens with two attached hydrogens (primary N) is 1. The number of aliphatic hydroxyl groups excluding tert-OH is 1. The van der Waals surface area contributed by atoms with Gasteiger partial charge in [0.1, 0.15) is 0 Å². The van der Waals surface area contributed by atoms with E-state index < -0.39 is 6.10 Å². The third kappa shape index (κ3) is 4.59. The van der Waals surface area contributed by atoms with Crippen LogP contribution in [0.5, 0.6) is 0 Å². The Kier molecular flexibility index (Phi) is 5.01. The minimum Gasteiger partial charge on any atom is -0.390 e. The molecule has 1 unspecified atom stereocenters. The van der Waals surface area contributed by atoms with Crippen LogP contribution in [0, 0.1) is 0 Å². The van der Waals surface area contributed by atoms with Crippen LogP contribution in [0.2, 0.25) is 0 Å². The fourth-order valence-electron chi connectivity index (χ4n) is 1.92. The molecule has 1 heterocycles. The van der Waals surface area contributed by atoms with Crippen LogP contribution in [0.3, 0.4) is 0 Å². The maximum Gasteiger partial charge on any atom is 0.217 e. The first kappa shape index (κ1) is 12.4. The topological polar surface area (TPSA) is 78.6 Å². The SMILES string of the molecule is CC(=O)NC1CCN(CC(O)CN)CC1. The second kappa shape index (κ2) is 6.05. The molecule has 5 nitrogen and oxygen atoms in total. The Morgan fingerprint density at radius 3 is 2.67 bits per heavy atom. The summed E-state index contributed by atoms with van der Waals surface area (Å²) in [5.74, 6) is 0.0374. The summed E-state index contributed by atoms with van der Waals surface area (Å²) in [6, 6.07) is 0.300. The Balaban J connectivity index is 2.20. The lowest BCUT2D eigenvalue weighted by Gasteiger charge is -2.33. The van der Waals surface area contributed by atoms with E-state index in [1.807, 2.05) is 0 Å². The molecule has 1 rings (SSSR count). The zero-order valence-corrected chi connectivity index (χ0v) is 9.28. The maximum atomic E-state index is 10.8. The van der Waals surface area contributed by atoms with E-state index in [0.717, 1.165) is 25.9 Å². The van der Waals surface area contributed by atoms with E-state index in [9.17, 15) is 9.90 Å². The molecule has 1 atom stereocenters. The second-order valence-electron chi connectivity index (χ2n) is 4.16. The number of β-amino-alcohol motifs (C(OH)–C–C–N with tert-alkyl or cyclic N) is 1. The highest BCUT2D eigenvalue weighted by Crippen LogP contribution is 2.10. The van der Waals surface area contributed by atoms with Crippen molar-refractivity contribution < 1.29 is 9.90 Å². The molecule has 88 valence electrons. The molecule has 4 N–H and O–H groups in total. The molecule has 0 spiro atoms. The van der Waals surface area contributed by atoms with Gasteiger partial charge in [-0.25, -0.2) is 0 Å². The highest BCUT2D eigenvalue weighted by Gasteiger charge is 2.20. The van der Waals surface area contributed by atoms with Gasteiger partial charge >= 0.3 is 0 Å². The van der Waals surface area contributed by atoms with Gasteiger partial charge in [-0.2, -0.15) is 0 Å². The molecule has 1 amide bonds. The molecule has 1 aliphatic rings. The Morgan fingerprint density at radius 1 is 1.60 bits per heavy atom. The number of likely N-dealkylation sites (tertiary alicyclic amines) is 1. The van der Waals surface area contributed by atoms with Crippen molar-refractivity contribution in [2.75, 3.05) is 26.2 Å². The standard InChI is InChI=1S/C10H21N3O2/c1-8(14)12-9-2-4-13(5-3-9)7-10(15)6-11/h9-10,15H,2-7,11H2,1H3,(H,12,14). The first-order valence-electron chi connectivity index (χ1n) is 5.49. The number of aliphatic hydroxyl groups is 1. The fourth-order valence-corrected chi connectivity index (χ4v) is 1.92. The van der Waals surface area contributed by atoms with Gasteiger partial charge in [0.25, 0.3) is 0 Å². The van der Waals surface area contributed by atoms with Gasteiger partial charge in [-0.1, -0.05) is 0 Å². The van der Waals surface area contributed by atoms with Crippen molar-refractivity contribution in [3.05, 3.63) is 0 Å². The molecule has 0 aromatic heterocycles. The van der Waals surface area contributed by atoms with Gasteiger partial charge in [-0.05, 0) is 12.8 Å². The third-order valence-electron chi connectivity index (χ3n) is 2.74. The van der Waals surface area contributed by atoms with Crippen molar-refractivity contribution in [3.63, 3.8) is 0 Å². The summed E-state index contributed by atoms with van der Waals surface area (Å²) >= 11 is 0. The van der Waals surface area contributed by atoms with E-state index in [1.165, 1.54) is 0 Å². The summed E-state index contributed by atoms with van der Waals surface area (Å²) < 4.78 is 0. The number of nitrogens with one attached hydrogen (secondary N) is 1. The average Bonchev–Trinajstić information content (AvgIpc) is 2.20. The van der Waals surface area contributed by atoms with E-state index in [2.05, 4.69) is 10.2 Å². The summed E-state index contributed by atoms with van der Waals surface area (Å²) in [5, 5.41) is 12.3. The first-order valence-corrected chi connectivity index (χ1v) is 5.49. The number of carbonyl (C=O) groups excluding carboxylic acids is 1. The van der Waals surface area contributed by atoms with Crippen LogP contribution in [0.4, 0.5) is 0 Å². The molecule has 1 saturated heterocycles. The van der Waals surface area contributed by atoms with Crippen molar-refractivity contribution in [2.24, 2.45) is 5.73 Å². The molecule has 1 aliphatic heterocycles. The van der Waals surface area contributed by atoms with Crippen LogP contribution in [0.15, 0.2) is 0 Å². The first-order chi connectivity index (χ1) is 7.11. The molecule has 0 radical (unpaired) electrons. The Hall–Kier alpha value is -0.650. The summed E-state index contributed by atoms with van der Waals surface area (Å²) in [6.45, 7) is 4.34. The normalized spacial score (nSPS) is 21.3. The minimum atomic E-state index is -0.428. The molecule has 0 bridgehead atoms. The van der Waals surface area contributed by atoms with Crippen LogP contribution >= 0.6 is 0 Å². The van der Waals surface area contributed by atoms with E-state index in [4.69, 9.17) is 5.73 Å². The van der Waals surface area contributed by atoms with Gasteiger partial charge in [0.05, 0.1) is 6.10 Å². The number of carbonyl (C=O) groups is 1. The van der Waals surface area contributed by atoms with Crippen molar-refractivity contribution >= 4 is 5.91 Å². The van der Waals surface area contributed by atoms with Gasteiger partial charge in [0, 0.05) is 39.1 Å². The fraction of sp³-hybridized carbons (Fsp3) is 0.900. The van der Waals surface area contributed by atoms with Gasteiger partial charge in [0.15, 0.2) is 0 Å². The van der Waals surface area contributed by atoms with Crippen LogP contribution in [-0.4, -0.2) is 54.2 Å². The highest BCUT2D eigenvalue weighted by atomic mass is 16.3. The predicted octanol–water partition coefficient (Wildman–Crippen LogP) is -1.09. The highest BCUT2D eigenvalue weighted by molar-refractivity contribution is 5.73. The van der Waals surface area contributed by atoms with E-state index in [-0.39, 0.29) is 5.91 Å². The van der Waals surface area contributed by atoms with Gasteiger partial charge in [-0.3, -0.25) is 4.79 Å². The molecule has 0 aliphatic carbocycles. The number of piperidine rings is 1. The zero-order valence-electron chi connectivity index (χ0n) is 9.28. The molecule has 0 aromatic rings. The summed E-state index contributed by atoms with van der Waals surface area (Å²) in [4.78, 5) is 13.0. The van der Waals surface area contributed by atoms with Crippen LogP contribution in [0.1, 0.15) is 19.8 Å². The van der Waals surface area contributed by atoms with Crippen molar-refractivity contribution in [3.8, 4) is 0 Å². The molecular weight excluding hydrogens is 194 g/mol. The Labute approximate surface area is 90.6 Å². The lowest BCUT2D eigenvalue weighted by Crippen LogP contribution is -2.46. The Morgan fingerprint density at radius 2 is 2.20 bits per heavy atom. The van der Waals surface area contributed by atoms with Crippen molar-refractivity contribution in [2.45, 2.75) is 31.9 Å². The average molecular weight is 215 g/mol. The van der Waals surface area contributed by atoms with Crippen molar-refractivity contribution in [1.29, 1.82) is 0 Å². The van der Waals surface area contributed by atoms with Gasteiger partial charge in [-0.15, -0.1) is 0 Å². The number of hydrogen-bond donors (Lipinski definition) is 3. The number of amides is 1. The number of hydrogen-bond acceptors (Lipinski definition) is 4. The van der Waals surface area contributed by atoms with E-state index in [1.54, 1.807) is 6.92 Å². The quantitative estimate of drug-likeness (QED) is 0.556. The Bertz CT molecular complexity index is 203. The zero-order chi connectivity index (χ0) is 11.3. The summed E-state index contributed by atoms with van der Waals surface area (Å²) in [7, 11) is 0. The molecule has 0 saturated carbocycles.